The van der Waals surface area contributed by atoms with Crippen LogP contribution >= 0.6 is 0 Å². The van der Waals surface area contributed by atoms with E-state index in [0.717, 1.165) is 44.8 Å². The maximum absolute atomic E-state index is 8.93. The topological polar surface area (TPSA) is 78.0 Å². The summed E-state index contributed by atoms with van der Waals surface area (Å²) in [7, 11) is 0. The van der Waals surface area contributed by atoms with E-state index < -0.39 is 0 Å². The Hall–Kier alpha value is -1.82. The number of oxime groups is 1. The summed E-state index contributed by atoms with van der Waals surface area (Å²) in [4.78, 5) is 9.06. The number of anilines is 1. The second kappa shape index (κ2) is 7.26. The molecular weight excluding hydrogens is 266 g/mol. The smallest absolute Gasteiger partial charge is 0.156 e. The zero-order chi connectivity index (χ0) is 15.2. The third-order valence-electron chi connectivity index (χ3n) is 3.99. The minimum Gasteiger partial charge on any atom is -0.409 e. The van der Waals surface area contributed by atoms with Crippen LogP contribution in [0, 0.1) is 6.92 Å². The van der Waals surface area contributed by atoms with E-state index >= 15 is 0 Å². The molecule has 1 fully saturated rings. The first-order valence-electron chi connectivity index (χ1n) is 7.54. The molecule has 6 nitrogen and oxygen atoms in total. The predicted molar refractivity (Wildman–Crippen MR) is 84.9 cm³/mol. The molecule has 1 aliphatic heterocycles. The van der Waals surface area contributed by atoms with Gasteiger partial charge in [-0.3, -0.25) is 4.90 Å². The van der Waals surface area contributed by atoms with Gasteiger partial charge in [-0.05, 0) is 25.0 Å². The van der Waals surface area contributed by atoms with Crippen LogP contribution in [0.5, 0.6) is 0 Å². The Bertz CT molecular complexity index is 465. The lowest BCUT2D eigenvalue weighted by atomic mass is 10.1. The van der Waals surface area contributed by atoms with E-state index in [1.165, 1.54) is 5.56 Å². The van der Waals surface area contributed by atoms with E-state index in [4.69, 9.17) is 10.9 Å². The number of hydrogen-bond donors (Lipinski definition) is 2. The minimum absolute atomic E-state index is 0.0353. The molecule has 1 atom stereocenters. The average molecular weight is 291 g/mol. The van der Waals surface area contributed by atoms with Crippen molar-refractivity contribution in [3.05, 3.63) is 23.9 Å². The Morgan fingerprint density at radius 2 is 2.10 bits per heavy atom. The number of rotatable bonds is 5. The van der Waals surface area contributed by atoms with Gasteiger partial charge in [0.05, 0.1) is 6.04 Å². The molecule has 6 heteroatoms. The first kappa shape index (κ1) is 15.6. The average Bonchev–Trinajstić information content (AvgIpc) is 2.53. The van der Waals surface area contributed by atoms with Gasteiger partial charge in [-0.1, -0.05) is 24.6 Å². The summed E-state index contributed by atoms with van der Waals surface area (Å²) in [6, 6.07) is 4.19. The van der Waals surface area contributed by atoms with Gasteiger partial charge >= 0.3 is 0 Å². The number of pyridine rings is 1. The first-order chi connectivity index (χ1) is 10.2. The van der Waals surface area contributed by atoms with Crippen molar-refractivity contribution in [2.45, 2.75) is 32.7 Å². The van der Waals surface area contributed by atoms with Crippen LogP contribution in [0.25, 0.3) is 0 Å². The van der Waals surface area contributed by atoms with Crippen LogP contribution in [0.15, 0.2) is 23.5 Å². The molecule has 3 N–H and O–H groups in total. The highest BCUT2D eigenvalue weighted by Gasteiger charge is 2.26. The highest BCUT2D eigenvalue weighted by molar-refractivity contribution is 5.85. The maximum Gasteiger partial charge on any atom is 0.156 e. The molecule has 0 bridgehead atoms. The third-order valence-corrected chi connectivity index (χ3v) is 3.99. The minimum atomic E-state index is 0.0353. The van der Waals surface area contributed by atoms with Crippen LogP contribution in [-0.4, -0.2) is 53.1 Å². The molecule has 0 spiro atoms. The second-order valence-corrected chi connectivity index (χ2v) is 5.55. The molecule has 21 heavy (non-hydrogen) atoms. The molecule has 0 amide bonds. The first-order valence-corrected chi connectivity index (χ1v) is 7.54. The summed E-state index contributed by atoms with van der Waals surface area (Å²) in [5.74, 6) is 1.34. The van der Waals surface area contributed by atoms with Crippen LogP contribution in [0.3, 0.4) is 0 Å². The molecule has 0 aromatic carbocycles. The van der Waals surface area contributed by atoms with Crippen molar-refractivity contribution in [3.63, 3.8) is 0 Å². The fourth-order valence-corrected chi connectivity index (χ4v) is 2.77. The molecule has 1 aromatic heterocycles. The fraction of sp³-hybridized carbons (Fsp3) is 0.600. The quantitative estimate of drug-likeness (QED) is 0.371. The van der Waals surface area contributed by atoms with E-state index in [1.807, 2.05) is 13.1 Å². The molecule has 1 unspecified atom stereocenters. The van der Waals surface area contributed by atoms with Gasteiger partial charge in [0.2, 0.25) is 0 Å². The van der Waals surface area contributed by atoms with Crippen molar-refractivity contribution < 1.29 is 5.21 Å². The van der Waals surface area contributed by atoms with E-state index in [9.17, 15) is 0 Å². The number of nitrogens with zero attached hydrogens (tertiary/aromatic N) is 4. The number of piperazine rings is 1. The summed E-state index contributed by atoms with van der Waals surface area (Å²) >= 11 is 0. The van der Waals surface area contributed by atoms with Gasteiger partial charge < -0.3 is 15.8 Å². The Morgan fingerprint density at radius 3 is 2.62 bits per heavy atom. The van der Waals surface area contributed by atoms with E-state index in [2.05, 4.69) is 39.0 Å². The van der Waals surface area contributed by atoms with Crippen LogP contribution in [0.1, 0.15) is 25.3 Å². The number of amidine groups is 1. The zero-order valence-corrected chi connectivity index (χ0v) is 12.9. The van der Waals surface area contributed by atoms with Crippen molar-refractivity contribution in [3.8, 4) is 0 Å². The molecule has 1 aromatic rings. The van der Waals surface area contributed by atoms with Gasteiger partial charge in [0.15, 0.2) is 5.84 Å². The number of hydrogen-bond acceptors (Lipinski definition) is 5. The number of aromatic nitrogens is 1. The maximum atomic E-state index is 8.93. The summed E-state index contributed by atoms with van der Waals surface area (Å²) in [6.45, 7) is 7.78. The molecule has 116 valence electrons. The van der Waals surface area contributed by atoms with Crippen LogP contribution in [-0.2, 0) is 0 Å². The van der Waals surface area contributed by atoms with Crippen molar-refractivity contribution in [2.24, 2.45) is 10.9 Å². The van der Waals surface area contributed by atoms with Crippen LogP contribution in [0.2, 0.25) is 0 Å². The van der Waals surface area contributed by atoms with E-state index in [-0.39, 0.29) is 6.04 Å². The van der Waals surface area contributed by atoms with Gasteiger partial charge in [0, 0.05) is 32.4 Å². The molecule has 1 saturated heterocycles. The normalized spacial score (nSPS) is 18.8. The summed E-state index contributed by atoms with van der Waals surface area (Å²) in [5.41, 5.74) is 7.00. The van der Waals surface area contributed by atoms with Gasteiger partial charge in [-0.25, -0.2) is 4.98 Å². The Balaban J connectivity index is 1.97. The lowest BCUT2D eigenvalue weighted by Crippen LogP contribution is -2.54. The number of nitrogens with two attached hydrogens (primary N) is 1. The van der Waals surface area contributed by atoms with E-state index in [1.54, 1.807) is 0 Å². The molecule has 0 aliphatic carbocycles. The molecular formula is C15H25N5O. The van der Waals surface area contributed by atoms with E-state index in [0.29, 0.717) is 5.84 Å². The summed E-state index contributed by atoms with van der Waals surface area (Å²) < 4.78 is 0. The van der Waals surface area contributed by atoms with Gasteiger partial charge in [0.1, 0.15) is 5.82 Å². The molecule has 1 aliphatic rings. The Kier molecular flexibility index (Phi) is 5.38. The van der Waals surface area contributed by atoms with Crippen molar-refractivity contribution in [1.29, 1.82) is 0 Å². The number of aryl methyl sites for hydroxylation is 1. The molecule has 0 saturated carbocycles. The second-order valence-electron chi connectivity index (χ2n) is 5.55. The van der Waals surface area contributed by atoms with Gasteiger partial charge in [-0.15, -0.1) is 0 Å². The van der Waals surface area contributed by atoms with Gasteiger partial charge in [0.25, 0.3) is 0 Å². The molecule has 2 rings (SSSR count). The van der Waals surface area contributed by atoms with Gasteiger partial charge in [-0.2, -0.15) is 0 Å². The SMILES string of the molecule is CCCC(C(N)=NO)N1CCN(c2ccc(C)cn2)CC1. The monoisotopic (exact) mass is 291 g/mol. The van der Waals surface area contributed by atoms with Crippen LogP contribution in [0.4, 0.5) is 5.82 Å². The lowest BCUT2D eigenvalue weighted by molar-refractivity contribution is 0.211. The summed E-state index contributed by atoms with van der Waals surface area (Å²) in [5, 5.41) is 12.1. The van der Waals surface area contributed by atoms with Crippen molar-refractivity contribution in [2.75, 3.05) is 31.1 Å². The highest BCUT2D eigenvalue weighted by atomic mass is 16.4. The molecule has 2 heterocycles. The van der Waals surface area contributed by atoms with Crippen LogP contribution < -0.4 is 10.6 Å². The standard InChI is InChI=1S/C15H25N5O/c1-3-4-13(15(16)18-21)19-7-9-20(10-8-19)14-6-5-12(2)11-17-14/h5-6,11,13,21H,3-4,7-10H2,1-2H3,(H2,16,18). The summed E-state index contributed by atoms with van der Waals surface area (Å²) in [6.07, 6.45) is 3.83. The lowest BCUT2D eigenvalue weighted by Gasteiger charge is -2.39. The highest BCUT2D eigenvalue weighted by Crippen LogP contribution is 2.16. The fourth-order valence-electron chi connectivity index (χ4n) is 2.77. The van der Waals surface area contributed by atoms with Crippen molar-refractivity contribution in [1.82, 2.24) is 9.88 Å². The predicted octanol–water partition coefficient (Wildman–Crippen LogP) is 1.43. The zero-order valence-electron chi connectivity index (χ0n) is 12.9. The molecule has 0 radical (unpaired) electrons. The third kappa shape index (κ3) is 3.85. The van der Waals surface area contributed by atoms with Crippen molar-refractivity contribution >= 4 is 11.7 Å². The Labute approximate surface area is 126 Å². The largest absolute Gasteiger partial charge is 0.409 e. The Morgan fingerprint density at radius 1 is 1.38 bits per heavy atom.